The van der Waals surface area contributed by atoms with Crippen molar-refractivity contribution in [3.63, 3.8) is 0 Å². The monoisotopic (exact) mass is 400 g/mol. The van der Waals surface area contributed by atoms with Gasteiger partial charge in [-0.05, 0) is 64.7 Å². The van der Waals surface area contributed by atoms with Crippen molar-refractivity contribution in [2.75, 3.05) is 19.8 Å². The Labute approximate surface area is 173 Å². The van der Waals surface area contributed by atoms with Crippen LogP contribution in [0, 0.1) is 32.1 Å². The molecule has 2 unspecified atom stereocenters. The molecule has 0 radical (unpaired) electrons. The van der Waals surface area contributed by atoms with Crippen molar-refractivity contribution in [2.45, 2.75) is 60.5 Å². The molecule has 0 saturated carbocycles. The molecule has 5 heteroatoms. The lowest BCUT2D eigenvalue weighted by molar-refractivity contribution is -0.148. The van der Waals surface area contributed by atoms with Gasteiger partial charge in [-0.3, -0.25) is 9.59 Å². The Kier molecular flexibility index (Phi) is 6.30. The molecule has 1 heterocycles. The molecule has 0 amide bonds. The van der Waals surface area contributed by atoms with Crippen molar-refractivity contribution in [1.82, 2.24) is 0 Å². The number of benzene rings is 1. The van der Waals surface area contributed by atoms with Crippen LogP contribution in [0.2, 0.25) is 0 Å². The largest absolute Gasteiger partial charge is 0.430 e. The number of esters is 1. The van der Waals surface area contributed by atoms with Crippen LogP contribution in [0.25, 0.3) is 5.57 Å². The van der Waals surface area contributed by atoms with Gasteiger partial charge < -0.3 is 14.2 Å². The Morgan fingerprint density at radius 1 is 1.14 bits per heavy atom. The van der Waals surface area contributed by atoms with E-state index in [2.05, 4.69) is 12.1 Å². The van der Waals surface area contributed by atoms with Crippen molar-refractivity contribution in [2.24, 2.45) is 11.3 Å². The van der Waals surface area contributed by atoms with Crippen molar-refractivity contribution >= 4 is 17.3 Å². The van der Waals surface area contributed by atoms with Gasteiger partial charge in [-0.15, -0.1) is 0 Å². The maximum Gasteiger partial charge on any atom is 0.316 e. The lowest BCUT2D eigenvalue weighted by Gasteiger charge is -2.25. The fourth-order valence-electron chi connectivity index (χ4n) is 4.14. The number of ketones is 1. The van der Waals surface area contributed by atoms with Gasteiger partial charge in [-0.25, -0.2) is 0 Å². The summed E-state index contributed by atoms with van der Waals surface area (Å²) >= 11 is 0. The number of allylic oxidation sites excluding steroid dienone is 2. The van der Waals surface area contributed by atoms with Crippen LogP contribution in [-0.2, 0) is 23.8 Å². The second-order valence-corrected chi connectivity index (χ2v) is 9.28. The van der Waals surface area contributed by atoms with Crippen LogP contribution in [-0.4, -0.2) is 37.7 Å². The summed E-state index contributed by atoms with van der Waals surface area (Å²) in [4.78, 5) is 26.1. The van der Waals surface area contributed by atoms with Gasteiger partial charge in [0.25, 0.3) is 0 Å². The van der Waals surface area contributed by atoms with E-state index in [1.54, 1.807) is 0 Å². The van der Waals surface area contributed by atoms with Gasteiger partial charge in [0.1, 0.15) is 5.76 Å². The molecule has 29 heavy (non-hydrogen) atoms. The van der Waals surface area contributed by atoms with Crippen molar-refractivity contribution < 1.29 is 23.8 Å². The minimum absolute atomic E-state index is 0.0333. The first kappa shape index (κ1) is 21.7. The van der Waals surface area contributed by atoms with Crippen LogP contribution in [0.3, 0.4) is 0 Å². The molecule has 2 aliphatic rings. The van der Waals surface area contributed by atoms with Gasteiger partial charge in [0, 0.05) is 12.3 Å². The minimum Gasteiger partial charge on any atom is -0.430 e. The molecule has 1 aromatic rings. The average molecular weight is 401 g/mol. The molecule has 3 rings (SSSR count). The number of rotatable bonds is 4. The second-order valence-electron chi connectivity index (χ2n) is 9.28. The lowest BCUT2D eigenvalue weighted by atomic mass is 9.89. The highest BCUT2D eigenvalue weighted by atomic mass is 16.6. The minimum atomic E-state index is -0.642. The molecule has 1 aromatic carbocycles. The van der Waals surface area contributed by atoms with Crippen LogP contribution in [0.15, 0.2) is 17.9 Å². The van der Waals surface area contributed by atoms with E-state index >= 15 is 0 Å². The third kappa shape index (κ3) is 4.78. The SMILES string of the molecule is Cc1cc(C)c(C2=C(OC(=O)C(C)(C)C)CC(CC3COCCO3)C2=O)c(C)c1. The zero-order valence-electron chi connectivity index (χ0n) is 18.4. The number of hydrogen-bond donors (Lipinski definition) is 0. The van der Waals surface area contributed by atoms with E-state index in [9.17, 15) is 9.59 Å². The Morgan fingerprint density at radius 3 is 2.34 bits per heavy atom. The van der Waals surface area contributed by atoms with E-state index in [1.807, 2.05) is 41.5 Å². The molecule has 1 fully saturated rings. The molecule has 1 aliphatic carbocycles. The number of ether oxygens (including phenoxy) is 3. The molecule has 1 saturated heterocycles. The van der Waals surface area contributed by atoms with Gasteiger partial charge >= 0.3 is 5.97 Å². The molecule has 0 bridgehead atoms. The highest BCUT2D eigenvalue weighted by Crippen LogP contribution is 2.41. The third-order valence-electron chi connectivity index (χ3n) is 5.52. The Balaban J connectivity index is 1.97. The molecular formula is C24H32O5. The maximum atomic E-state index is 13.5. The van der Waals surface area contributed by atoms with E-state index in [0.717, 1.165) is 22.3 Å². The Hall–Kier alpha value is -1.98. The van der Waals surface area contributed by atoms with Crippen molar-refractivity contribution in [1.29, 1.82) is 0 Å². The molecular weight excluding hydrogens is 368 g/mol. The van der Waals surface area contributed by atoms with E-state index < -0.39 is 5.41 Å². The molecule has 2 atom stereocenters. The van der Waals surface area contributed by atoms with E-state index in [-0.39, 0.29) is 23.8 Å². The fourth-order valence-corrected chi connectivity index (χ4v) is 4.14. The number of carbonyl (C=O) groups excluding carboxylic acids is 2. The van der Waals surface area contributed by atoms with E-state index in [0.29, 0.717) is 44.0 Å². The van der Waals surface area contributed by atoms with Gasteiger partial charge in [0.2, 0.25) is 0 Å². The Morgan fingerprint density at radius 2 is 1.79 bits per heavy atom. The van der Waals surface area contributed by atoms with Crippen LogP contribution in [0.5, 0.6) is 0 Å². The Bertz CT molecular complexity index is 814. The van der Waals surface area contributed by atoms with Crippen molar-refractivity contribution in [3.05, 3.63) is 40.1 Å². The zero-order valence-corrected chi connectivity index (χ0v) is 18.4. The van der Waals surface area contributed by atoms with E-state index in [4.69, 9.17) is 14.2 Å². The van der Waals surface area contributed by atoms with Gasteiger partial charge in [0.15, 0.2) is 5.78 Å². The molecule has 0 spiro atoms. The van der Waals surface area contributed by atoms with Crippen LogP contribution in [0.4, 0.5) is 0 Å². The summed E-state index contributed by atoms with van der Waals surface area (Å²) in [6.45, 7) is 13.1. The summed E-state index contributed by atoms with van der Waals surface area (Å²) in [5, 5.41) is 0. The maximum absolute atomic E-state index is 13.5. The van der Waals surface area contributed by atoms with Crippen LogP contribution >= 0.6 is 0 Å². The van der Waals surface area contributed by atoms with Gasteiger partial charge in [-0.1, -0.05) is 17.7 Å². The van der Waals surface area contributed by atoms with Crippen LogP contribution < -0.4 is 0 Å². The summed E-state index contributed by atoms with van der Waals surface area (Å²) in [5.74, 6) is -0.0599. The first-order valence-electron chi connectivity index (χ1n) is 10.3. The summed E-state index contributed by atoms with van der Waals surface area (Å²) in [6, 6.07) is 4.13. The smallest absolute Gasteiger partial charge is 0.316 e. The fraction of sp³-hybridized carbons (Fsp3) is 0.583. The zero-order chi connectivity index (χ0) is 21.3. The normalized spacial score (nSPS) is 22.9. The molecule has 5 nitrogen and oxygen atoms in total. The standard InChI is InChI=1S/C24H32O5/c1-14-9-15(2)20(16(3)10-14)21-19(29-23(26)24(4,5)6)12-17(22(21)25)11-18-13-27-7-8-28-18/h9-10,17-18H,7-8,11-13H2,1-6H3. The third-order valence-corrected chi connectivity index (χ3v) is 5.52. The van der Waals surface area contributed by atoms with Crippen molar-refractivity contribution in [3.8, 4) is 0 Å². The molecule has 0 N–H and O–H groups in total. The van der Waals surface area contributed by atoms with Gasteiger partial charge in [0.05, 0.1) is 36.9 Å². The second kappa shape index (κ2) is 8.41. The molecule has 1 aliphatic heterocycles. The van der Waals surface area contributed by atoms with E-state index in [1.165, 1.54) is 0 Å². The quantitative estimate of drug-likeness (QED) is 0.705. The summed E-state index contributed by atoms with van der Waals surface area (Å²) < 4.78 is 17.1. The number of aryl methyl sites for hydroxylation is 3. The predicted molar refractivity (Wildman–Crippen MR) is 111 cm³/mol. The molecule has 158 valence electrons. The highest BCUT2D eigenvalue weighted by Gasteiger charge is 2.40. The number of carbonyl (C=O) groups is 2. The molecule has 0 aromatic heterocycles. The first-order valence-corrected chi connectivity index (χ1v) is 10.3. The highest BCUT2D eigenvalue weighted by molar-refractivity contribution is 6.25. The summed E-state index contributed by atoms with van der Waals surface area (Å²) in [5.41, 5.74) is 3.99. The predicted octanol–water partition coefficient (Wildman–Crippen LogP) is 4.31. The summed E-state index contributed by atoms with van der Waals surface area (Å²) in [7, 11) is 0. The number of hydrogen-bond acceptors (Lipinski definition) is 5. The lowest BCUT2D eigenvalue weighted by Crippen LogP contribution is -2.31. The number of Topliss-reactive ketones (excluding diaryl/α,β-unsaturated/α-hetero) is 1. The van der Waals surface area contributed by atoms with Crippen LogP contribution in [0.1, 0.15) is 55.9 Å². The van der Waals surface area contributed by atoms with Gasteiger partial charge in [-0.2, -0.15) is 0 Å². The topological polar surface area (TPSA) is 61.8 Å². The summed E-state index contributed by atoms with van der Waals surface area (Å²) in [6.07, 6.45) is 0.891. The average Bonchev–Trinajstić information content (AvgIpc) is 2.90. The first-order chi connectivity index (χ1) is 13.6.